The topological polar surface area (TPSA) is 94.2 Å². The lowest BCUT2D eigenvalue weighted by molar-refractivity contribution is -0.140. The van der Waals surface area contributed by atoms with Crippen LogP contribution in [0.25, 0.3) is 11.6 Å². The lowest BCUT2D eigenvalue weighted by atomic mass is 10.2. The minimum Gasteiger partial charge on any atom is -0.365 e. The minimum absolute atomic E-state index is 0.127. The molecule has 8 nitrogen and oxygen atoms in total. The standard InChI is InChI=1S/C14H17N5O3/c1-2-4-11(20)19-7-8-21-10(9-19)14-17-13(18-22-14)12-15-5-3-6-16-12/h3,5-6,10H,2,4,7-9H2,1H3. The second-order valence-corrected chi connectivity index (χ2v) is 4.98. The van der Waals surface area contributed by atoms with Crippen LogP contribution >= 0.6 is 0 Å². The van der Waals surface area contributed by atoms with Gasteiger partial charge in [-0.25, -0.2) is 9.97 Å². The van der Waals surface area contributed by atoms with Crippen LogP contribution in [-0.2, 0) is 9.53 Å². The Kier molecular flexibility index (Phi) is 4.38. The fourth-order valence-corrected chi connectivity index (χ4v) is 2.27. The summed E-state index contributed by atoms with van der Waals surface area (Å²) in [6.45, 7) is 3.47. The molecule has 0 aromatic carbocycles. The second-order valence-electron chi connectivity index (χ2n) is 4.98. The van der Waals surface area contributed by atoms with Crippen molar-refractivity contribution in [2.45, 2.75) is 25.9 Å². The molecule has 0 saturated carbocycles. The van der Waals surface area contributed by atoms with E-state index in [1.807, 2.05) is 6.92 Å². The Morgan fingerprint density at radius 2 is 2.18 bits per heavy atom. The molecule has 22 heavy (non-hydrogen) atoms. The van der Waals surface area contributed by atoms with Crippen LogP contribution in [0.4, 0.5) is 0 Å². The third kappa shape index (κ3) is 3.11. The third-order valence-corrected chi connectivity index (χ3v) is 3.37. The molecule has 1 atom stereocenters. The predicted octanol–water partition coefficient (Wildman–Crippen LogP) is 1.23. The lowest BCUT2D eigenvalue weighted by Gasteiger charge is -2.31. The number of hydrogen-bond donors (Lipinski definition) is 0. The summed E-state index contributed by atoms with van der Waals surface area (Å²) >= 11 is 0. The minimum atomic E-state index is -0.403. The molecule has 8 heteroatoms. The van der Waals surface area contributed by atoms with Crippen molar-refractivity contribution in [1.82, 2.24) is 25.0 Å². The molecule has 1 unspecified atom stereocenters. The summed E-state index contributed by atoms with van der Waals surface area (Å²) in [5.41, 5.74) is 0. The van der Waals surface area contributed by atoms with E-state index in [9.17, 15) is 4.79 Å². The molecule has 1 saturated heterocycles. The first-order valence-electron chi connectivity index (χ1n) is 7.28. The maximum absolute atomic E-state index is 12.0. The molecule has 1 fully saturated rings. The molecule has 0 radical (unpaired) electrons. The molecule has 0 N–H and O–H groups in total. The number of ether oxygens (including phenoxy) is 1. The van der Waals surface area contributed by atoms with Gasteiger partial charge in [-0.1, -0.05) is 12.1 Å². The average molecular weight is 303 g/mol. The molecular weight excluding hydrogens is 286 g/mol. The highest BCUT2D eigenvalue weighted by Gasteiger charge is 2.29. The molecule has 1 aliphatic rings. The Balaban J connectivity index is 1.72. The molecule has 3 rings (SSSR count). The molecule has 2 aromatic rings. The molecule has 0 aliphatic carbocycles. The van der Waals surface area contributed by atoms with E-state index >= 15 is 0 Å². The van der Waals surface area contributed by atoms with Gasteiger partial charge in [0, 0.05) is 25.4 Å². The molecule has 0 spiro atoms. The number of rotatable bonds is 4. The van der Waals surface area contributed by atoms with Gasteiger partial charge in [-0.3, -0.25) is 4.79 Å². The normalized spacial score (nSPS) is 18.4. The number of hydrogen-bond acceptors (Lipinski definition) is 7. The number of carbonyl (C=O) groups is 1. The van der Waals surface area contributed by atoms with Crippen LogP contribution in [-0.4, -0.2) is 50.6 Å². The molecule has 2 aromatic heterocycles. The molecule has 1 amide bonds. The smallest absolute Gasteiger partial charge is 0.258 e. The summed E-state index contributed by atoms with van der Waals surface area (Å²) < 4.78 is 10.9. The number of amides is 1. The Labute approximate surface area is 127 Å². The van der Waals surface area contributed by atoms with Crippen LogP contribution in [0, 0.1) is 0 Å². The van der Waals surface area contributed by atoms with Gasteiger partial charge in [0.15, 0.2) is 6.10 Å². The Bertz CT molecular complexity index is 630. The second kappa shape index (κ2) is 6.61. The fraction of sp³-hybridized carbons (Fsp3) is 0.500. The zero-order valence-electron chi connectivity index (χ0n) is 12.3. The van der Waals surface area contributed by atoms with Crippen molar-refractivity contribution in [1.29, 1.82) is 0 Å². The van der Waals surface area contributed by atoms with Gasteiger partial charge in [0.2, 0.25) is 17.6 Å². The largest absolute Gasteiger partial charge is 0.365 e. The summed E-state index contributed by atoms with van der Waals surface area (Å²) in [6.07, 6.45) is 4.19. The van der Waals surface area contributed by atoms with Crippen LogP contribution in [0.1, 0.15) is 31.8 Å². The Morgan fingerprint density at radius 1 is 1.36 bits per heavy atom. The van der Waals surface area contributed by atoms with E-state index in [1.54, 1.807) is 23.4 Å². The first kappa shape index (κ1) is 14.6. The Hall–Kier alpha value is -2.35. The van der Waals surface area contributed by atoms with E-state index in [0.29, 0.717) is 43.7 Å². The summed E-state index contributed by atoms with van der Waals surface area (Å²) in [7, 11) is 0. The predicted molar refractivity (Wildman–Crippen MR) is 75.5 cm³/mol. The van der Waals surface area contributed by atoms with Gasteiger partial charge in [0.25, 0.3) is 5.89 Å². The van der Waals surface area contributed by atoms with Crippen LogP contribution in [0.2, 0.25) is 0 Å². The van der Waals surface area contributed by atoms with Crippen molar-refractivity contribution in [2.75, 3.05) is 19.7 Å². The molecule has 0 bridgehead atoms. The van der Waals surface area contributed by atoms with E-state index < -0.39 is 6.10 Å². The van der Waals surface area contributed by atoms with Crippen LogP contribution in [0.15, 0.2) is 23.0 Å². The number of aromatic nitrogens is 4. The summed E-state index contributed by atoms with van der Waals surface area (Å²) in [5, 5.41) is 3.87. The van der Waals surface area contributed by atoms with Crippen LogP contribution in [0.3, 0.4) is 0 Å². The van der Waals surface area contributed by atoms with Crippen molar-refractivity contribution >= 4 is 5.91 Å². The molecule has 1 aliphatic heterocycles. The monoisotopic (exact) mass is 303 g/mol. The van der Waals surface area contributed by atoms with Gasteiger partial charge in [-0.15, -0.1) is 0 Å². The van der Waals surface area contributed by atoms with E-state index in [1.165, 1.54) is 0 Å². The SMILES string of the molecule is CCCC(=O)N1CCOC(c2nc(-c3ncccn3)no2)C1. The van der Waals surface area contributed by atoms with Gasteiger partial charge < -0.3 is 14.2 Å². The van der Waals surface area contributed by atoms with Gasteiger partial charge in [-0.05, 0) is 12.5 Å². The van der Waals surface area contributed by atoms with Gasteiger partial charge >= 0.3 is 0 Å². The highest BCUT2D eigenvalue weighted by molar-refractivity contribution is 5.76. The highest BCUT2D eigenvalue weighted by atomic mass is 16.5. The van der Waals surface area contributed by atoms with Crippen molar-refractivity contribution < 1.29 is 14.1 Å². The van der Waals surface area contributed by atoms with Gasteiger partial charge in [0.1, 0.15) is 0 Å². The van der Waals surface area contributed by atoms with Crippen molar-refractivity contribution in [3.05, 3.63) is 24.4 Å². The van der Waals surface area contributed by atoms with E-state index in [4.69, 9.17) is 9.26 Å². The van der Waals surface area contributed by atoms with Crippen LogP contribution in [0.5, 0.6) is 0 Å². The fourth-order valence-electron chi connectivity index (χ4n) is 2.27. The van der Waals surface area contributed by atoms with Crippen molar-refractivity contribution in [3.8, 4) is 11.6 Å². The van der Waals surface area contributed by atoms with E-state index in [-0.39, 0.29) is 5.91 Å². The average Bonchev–Trinajstić information content (AvgIpc) is 3.06. The maximum Gasteiger partial charge on any atom is 0.258 e. The zero-order chi connectivity index (χ0) is 15.4. The molecule has 116 valence electrons. The number of nitrogens with zero attached hydrogens (tertiary/aromatic N) is 5. The summed E-state index contributed by atoms with van der Waals surface area (Å²) in [6, 6.07) is 1.71. The first-order valence-corrected chi connectivity index (χ1v) is 7.28. The zero-order valence-corrected chi connectivity index (χ0v) is 12.3. The van der Waals surface area contributed by atoms with E-state index in [0.717, 1.165) is 6.42 Å². The van der Waals surface area contributed by atoms with Crippen molar-refractivity contribution in [2.24, 2.45) is 0 Å². The first-order chi connectivity index (χ1) is 10.8. The van der Waals surface area contributed by atoms with Crippen molar-refractivity contribution in [3.63, 3.8) is 0 Å². The Morgan fingerprint density at radius 3 is 2.95 bits per heavy atom. The lowest BCUT2D eigenvalue weighted by Crippen LogP contribution is -2.42. The van der Waals surface area contributed by atoms with Gasteiger partial charge in [-0.2, -0.15) is 4.98 Å². The maximum atomic E-state index is 12.0. The van der Waals surface area contributed by atoms with Gasteiger partial charge in [0.05, 0.1) is 13.2 Å². The highest BCUT2D eigenvalue weighted by Crippen LogP contribution is 2.23. The summed E-state index contributed by atoms with van der Waals surface area (Å²) in [5.74, 6) is 1.18. The quantitative estimate of drug-likeness (QED) is 0.838. The van der Waals surface area contributed by atoms with Crippen LogP contribution < -0.4 is 0 Å². The number of carbonyl (C=O) groups excluding carboxylic acids is 1. The van der Waals surface area contributed by atoms with E-state index in [2.05, 4.69) is 20.1 Å². The molecular formula is C14H17N5O3. The summed E-state index contributed by atoms with van der Waals surface area (Å²) in [4.78, 5) is 26.2. The number of morpholine rings is 1. The third-order valence-electron chi connectivity index (χ3n) is 3.37. The molecule has 3 heterocycles.